The second-order valence-corrected chi connectivity index (χ2v) is 6.01. The number of anilines is 1. The summed E-state index contributed by atoms with van der Waals surface area (Å²) in [5.41, 5.74) is 2.19. The summed E-state index contributed by atoms with van der Waals surface area (Å²) in [6.07, 6.45) is -0.498. The number of carbonyl (C=O) groups is 1. The van der Waals surface area contributed by atoms with Crippen LogP contribution in [0.15, 0.2) is 53.0 Å². The maximum Gasteiger partial charge on any atom is 0.262 e. The summed E-state index contributed by atoms with van der Waals surface area (Å²) in [4.78, 5) is 14.1. The minimum absolute atomic E-state index is 0.105. The second-order valence-electron chi connectivity index (χ2n) is 5.16. The summed E-state index contributed by atoms with van der Waals surface area (Å²) in [7, 11) is 1.63. The molecule has 5 heteroatoms. The van der Waals surface area contributed by atoms with Crippen LogP contribution in [0.2, 0.25) is 0 Å². The highest BCUT2D eigenvalue weighted by molar-refractivity contribution is 9.10. The quantitative estimate of drug-likeness (QED) is 0.914. The zero-order valence-corrected chi connectivity index (χ0v) is 13.8. The van der Waals surface area contributed by atoms with Gasteiger partial charge in [-0.3, -0.25) is 4.79 Å². The van der Waals surface area contributed by atoms with E-state index in [-0.39, 0.29) is 5.91 Å². The number of hydrogen-bond acceptors (Lipinski definition) is 3. The lowest BCUT2D eigenvalue weighted by molar-refractivity contribution is -0.127. The van der Waals surface area contributed by atoms with E-state index in [0.29, 0.717) is 6.54 Å². The predicted molar refractivity (Wildman–Crippen MR) is 90.1 cm³/mol. The second kappa shape index (κ2) is 6.40. The van der Waals surface area contributed by atoms with Crippen molar-refractivity contribution in [2.75, 3.05) is 18.5 Å². The molecule has 0 radical (unpaired) electrons. The van der Waals surface area contributed by atoms with Crippen molar-refractivity contribution in [3.8, 4) is 5.75 Å². The van der Waals surface area contributed by atoms with Gasteiger partial charge in [0.25, 0.3) is 5.91 Å². The van der Waals surface area contributed by atoms with Gasteiger partial charge in [0.1, 0.15) is 5.75 Å². The van der Waals surface area contributed by atoms with Crippen molar-refractivity contribution in [3.63, 3.8) is 0 Å². The molecular weight excluding hydrogens is 344 g/mol. The van der Waals surface area contributed by atoms with Gasteiger partial charge in [0, 0.05) is 18.1 Å². The van der Waals surface area contributed by atoms with Crippen molar-refractivity contribution in [3.05, 3.63) is 58.6 Å². The Morgan fingerprint density at radius 1 is 1.27 bits per heavy atom. The fraction of sp³-hybridized carbons (Fsp3) is 0.235. The highest BCUT2D eigenvalue weighted by atomic mass is 79.9. The molecule has 1 amide bonds. The molecule has 4 nitrogen and oxygen atoms in total. The average molecular weight is 361 g/mol. The van der Waals surface area contributed by atoms with Crippen molar-refractivity contribution in [1.29, 1.82) is 0 Å². The van der Waals surface area contributed by atoms with Crippen molar-refractivity contribution in [2.45, 2.75) is 12.6 Å². The number of halogens is 1. The van der Waals surface area contributed by atoms with E-state index in [9.17, 15) is 4.79 Å². The molecule has 1 aliphatic rings. The first-order chi connectivity index (χ1) is 10.7. The highest BCUT2D eigenvalue weighted by Crippen LogP contribution is 2.34. The predicted octanol–water partition coefficient (Wildman–Crippen LogP) is 2.96. The number of hydrogen-bond donors (Lipinski definition) is 1. The molecule has 0 aromatic heterocycles. The number of benzene rings is 2. The first kappa shape index (κ1) is 14.9. The lowest BCUT2D eigenvalue weighted by atomic mass is 10.1. The maximum atomic E-state index is 12.0. The van der Waals surface area contributed by atoms with Gasteiger partial charge >= 0.3 is 0 Å². The summed E-state index contributed by atoms with van der Waals surface area (Å²) in [5.74, 6) is 0.640. The van der Waals surface area contributed by atoms with Gasteiger partial charge in [0.15, 0.2) is 6.10 Å². The Hall–Kier alpha value is -2.01. The molecule has 0 saturated carbocycles. The fourth-order valence-corrected chi connectivity index (χ4v) is 3.00. The van der Waals surface area contributed by atoms with Crippen LogP contribution in [0.4, 0.5) is 5.69 Å². The number of nitrogens with one attached hydrogen (secondary N) is 1. The SMILES string of the molecule is CNC(=O)C1CN(Cc2ccccc2Br)c2ccccc2O1. The van der Waals surface area contributed by atoms with Crippen LogP contribution in [0.3, 0.4) is 0 Å². The molecule has 2 aromatic rings. The zero-order chi connectivity index (χ0) is 15.5. The first-order valence-corrected chi connectivity index (χ1v) is 7.94. The molecule has 1 aliphatic heterocycles. The molecule has 114 valence electrons. The van der Waals surface area contributed by atoms with Gasteiger partial charge in [-0.2, -0.15) is 0 Å². The third-order valence-electron chi connectivity index (χ3n) is 3.72. The van der Waals surface area contributed by atoms with Crippen molar-refractivity contribution >= 4 is 27.5 Å². The van der Waals surface area contributed by atoms with Crippen LogP contribution in [-0.4, -0.2) is 25.6 Å². The average Bonchev–Trinajstić information content (AvgIpc) is 2.56. The summed E-state index contributed by atoms with van der Waals surface area (Å²) in [6.45, 7) is 1.24. The number of ether oxygens (including phenoxy) is 1. The molecule has 1 heterocycles. The number of likely N-dealkylation sites (N-methyl/N-ethyl adjacent to an activating group) is 1. The summed E-state index contributed by atoms with van der Waals surface area (Å²) in [6, 6.07) is 15.9. The monoisotopic (exact) mass is 360 g/mol. The smallest absolute Gasteiger partial charge is 0.262 e. The van der Waals surface area contributed by atoms with E-state index in [2.05, 4.69) is 32.2 Å². The van der Waals surface area contributed by atoms with Gasteiger partial charge in [-0.15, -0.1) is 0 Å². The molecule has 22 heavy (non-hydrogen) atoms. The van der Waals surface area contributed by atoms with E-state index < -0.39 is 6.10 Å². The molecule has 0 aliphatic carbocycles. The molecule has 0 fully saturated rings. The molecule has 3 rings (SSSR count). The van der Waals surface area contributed by atoms with Crippen molar-refractivity contribution in [1.82, 2.24) is 5.32 Å². The van der Waals surface area contributed by atoms with E-state index in [4.69, 9.17) is 4.74 Å². The van der Waals surface area contributed by atoms with Crippen LogP contribution in [0.1, 0.15) is 5.56 Å². The number of para-hydroxylation sites is 2. The van der Waals surface area contributed by atoms with Crippen LogP contribution in [0.25, 0.3) is 0 Å². The van der Waals surface area contributed by atoms with E-state index in [1.807, 2.05) is 42.5 Å². The Morgan fingerprint density at radius 3 is 2.77 bits per heavy atom. The Bertz CT molecular complexity index is 690. The van der Waals surface area contributed by atoms with E-state index >= 15 is 0 Å². The zero-order valence-electron chi connectivity index (χ0n) is 12.3. The molecule has 1 unspecified atom stereocenters. The van der Waals surface area contributed by atoms with Gasteiger partial charge in [-0.1, -0.05) is 46.3 Å². The largest absolute Gasteiger partial charge is 0.477 e. The number of nitrogens with zero attached hydrogens (tertiary/aromatic N) is 1. The summed E-state index contributed by atoms with van der Waals surface area (Å²) in [5, 5.41) is 2.66. The summed E-state index contributed by atoms with van der Waals surface area (Å²) >= 11 is 3.58. The van der Waals surface area contributed by atoms with E-state index in [1.165, 1.54) is 5.56 Å². The highest BCUT2D eigenvalue weighted by Gasteiger charge is 2.30. The topological polar surface area (TPSA) is 41.6 Å². The van der Waals surface area contributed by atoms with Gasteiger partial charge in [-0.05, 0) is 23.8 Å². The molecule has 1 atom stereocenters. The van der Waals surface area contributed by atoms with Crippen LogP contribution in [0, 0.1) is 0 Å². The van der Waals surface area contributed by atoms with Crippen LogP contribution >= 0.6 is 15.9 Å². The minimum atomic E-state index is -0.498. The molecule has 1 N–H and O–H groups in total. The lowest BCUT2D eigenvalue weighted by Gasteiger charge is -2.35. The Morgan fingerprint density at radius 2 is 2.00 bits per heavy atom. The standard InChI is InChI=1S/C17H17BrN2O2/c1-19-17(21)16-11-20(10-12-6-2-3-7-13(12)18)14-8-4-5-9-15(14)22-16/h2-9,16H,10-11H2,1H3,(H,19,21). The lowest BCUT2D eigenvalue weighted by Crippen LogP contribution is -2.47. The Labute approximate surface area is 138 Å². The van der Waals surface area contributed by atoms with E-state index in [0.717, 1.165) is 22.5 Å². The third-order valence-corrected chi connectivity index (χ3v) is 4.49. The maximum absolute atomic E-state index is 12.0. The molecule has 0 bridgehead atoms. The van der Waals surface area contributed by atoms with Gasteiger partial charge in [-0.25, -0.2) is 0 Å². The first-order valence-electron chi connectivity index (χ1n) is 7.14. The Kier molecular flexibility index (Phi) is 4.34. The molecule has 0 saturated heterocycles. The van der Waals surface area contributed by atoms with Crippen LogP contribution in [-0.2, 0) is 11.3 Å². The van der Waals surface area contributed by atoms with Crippen molar-refractivity contribution in [2.24, 2.45) is 0 Å². The Balaban J connectivity index is 1.92. The fourth-order valence-electron chi connectivity index (χ4n) is 2.59. The number of fused-ring (bicyclic) bond motifs is 1. The van der Waals surface area contributed by atoms with Gasteiger partial charge in [0.05, 0.1) is 12.2 Å². The summed E-state index contributed by atoms with van der Waals surface area (Å²) < 4.78 is 6.88. The van der Waals surface area contributed by atoms with Gasteiger partial charge < -0.3 is 15.0 Å². The number of carbonyl (C=O) groups excluding carboxylic acids is 1. The van der Waals surface area contributed by atoms with Crippen LogP contribution in [0.5, 0.6) is 5.75 Å². The van der Waals surface area contributed by atoms with E-state index in [1.54, 1.807) is 7.05 Å². The molecular formula is C17H17BrN2O2. The third kappa shape index (κ3) is 2.95. The van der Waals surface area contributed by atoms with Crippen LogP contribution < -0.4 is 15.0 Å². The van der Waals surface area contributed by atoms with Crippen molar-refractivity contribution < 1.29 is 9.53 Å². The number of amides is 1. The van der Waals surface area contributed by atoms with Gasteiger partial charge in [0.2, 0.25) is 0 Å². The minimum Gasteiger partial charge on any atom is -0.477 e. The number of rotatable bonds is 3. The molecule has 0 spiro atoms. The molecule has 2 aromatic carbocycles. The normalized spacial score (nSPS) is 16.6.